The molecule has 1 aromatic rings. The fraction of sp³-hybridized carbons (Fsp3) is 0.357. The summed E-state index contributed by atoms with van der Waals surface area (Å²) in [5, 5.41) is 0. The van der Waals surface area contributed by atoms with Crippen molar-refractivity contribution in [3.05, 3.63) is 41.7 Å². The number of esters is 1. The first kappa shape index (κ1) is 12.5. The molecule has 1 aliphatic rings. The molecule has 0 spiro atoms. The number of cyclic esters (lactones) is 1. The van der Waals surface area contributed by atoms with Gasteiger partial charge in [-0.15, -0.1) is 0 Å². The van der Waals surface area contributed by atoms with Crippen LogP contribution in [-0.2, 0) is 14.3 Å². The Morgan fingerprint density at radius 3 is 2.67 bits per heavy atom. The van der Waals surface area contributed by atoms with Gasteiger partial charge in [0.15, 0.2) is 6.10 Å². The highest BCUT2D eigenvalue weighted by atomic mass is 16.6. The summed E-state index contributed by atoms with van der Waals surface area (Å²) in [5.74, 6) is 0.816. The van der Waals surface area contributed by atoms with Crippen LogP contribution in [0.1, 0.15) is 25.5 Å². The van der Waals surface area contributed by atoms with Crippen LogP contribution in [0, 0.1) is 0 Å². The van der Waals surface area contributed by atoms with Crippen molar-refractivity contribution in [1.82, 2.24) is 0 Å². The van der Waals surface area contributed by atoms with Gasteiger partial charge in [0.2, 0.25) is 0 Å². The lowest BCUT2D eigenvalue weighted by atomic mass is 10.1. The number of benzene rings is 1. The molecule has 1 heterocycles. The van der Waals surface area contributed by atoms with Gasteiger partial charge in [-0.1, -0.05) is 18.2 Å². The van der Waals surface area contributed by atoms with Gasteiger partial charge in [0, 0.05) is 5.56 Å². The second kappa shape index (κ2) is 5.12. The lowest BCUT2D eigenvalue weighted by molar-refractivity contribution is -0.139. The third-order valence-electron chi connectivity index (χ3n) is 2.55. The van der Waals surface area contributed by atoms with Crippen LogP contribution in [0.15, 0.2) is 36.1 Å². The average Bonchev–Trinajstić information content (AvgIpc) is 2.69. The average molecular weight is 248 g/mol. The highest BCUT2D eigenvalue weighted by molar-refractivity contribution is 5.85. The Kier molecular flexibility index (Phi) is 3.55. The zero-order chi connectivity index (χ0) is 13.1. The quantitative estimate of drug-likeness (QED) is 0.768. The number of hydrogen-bond donors (Lipinski definition) is 0. The lowest BCUT2D eigenvalue weighted by Crippen LogP contribution is -2.10. The van der Waals surface area contributed by atoms with E-state index < -0.39 is 6.10 Å². The van der Waals surface area contributed by atoms with Crippen molar-refractivity contribution < 1.29 is 19.0 Å². The fourth-order valence-corrected chi connectivity index (χ4v) is 1.87. The van der Waals surface area contributed by atoms with E-state index in [4.69, 9.17) is 14.2 Å². The first-order valence-corrected chi connectivity index (χ1v) is 5.83. The molecule has 0 saturated heterocycles. The molecular weight excluding hydrogens is 232 g/mol. The molecule has 0 aliphatic carbocycles. The molecule has 1 aromatic carbocycles. The number of rotatable bonds is 4. The van der Waals surface area contributed by atoms with E-state index in [0.717, 1.165) is 5.56 Å². The normalized spacial score (nSPS) is 18.6. The molecule has 0 aromatic heterocycles. The Balaban J connectivity index is 2.32. The fourth-order valence-electron chi connectivity index (χ4n) is 1.87. The van der Waals surface area contributed by atoms with Gasteiger partial charge in [-0.2, -0.15) is 0 Å². The van der Waals surface area contributed by atoms with E-state index in [9.17, 15) is 4.79 Å². The summed E-state index contributed by atoms with van der Waals surface area (Å²) in [7, 11) is 1.59. The summed E-state index contributed by atoms with van der Waals surface area (Å²) in [6.07, 6.45) is 0.857. The summed E-state index contributed by atoms with van der Waals surface area (Å²) < 4.78 is 16.1. The Morgan fingerprint density at radius 2 is 2.00 bits per heavy atom. The van der Waals surface area contributed by atoms with Crippen molar-refractivity contribution in [2.45, 2.75) is 26.1 Å². The topological polar surface area (TPSA) is 44.8 Å². The molecule has 1 unspecified atom stereocenters. The minimum Gasteiger partial charge on any atom is -0.496 e. The number of para-hydroxylation sites is 1. The van der Waals surface area contributed by atoms with Crippen LogP contribution in [0.25, 0.3) is 0 Å². The van der Waals surface area contributed by atoms with Crippen LogP contribution in [-0.4, -0.2) is 19.2 Å². The monoisotopic (exact) mass is 248 g/mol. The molecule has 0 fully saturated rings. The third kappa shape index (κ3) is 2.47. The van der Waals surface area contributed by atoms with Crippen molar-refractivity contribution in [3.63, 3.8) is 0 Å². The number of carbonyl (C=O) groups is 1. The minimum absolute atomic E-state index is 0.0112. The second-order valence-electron chi connectivity index (χ2n) is 4.27. The second-order valence-corrected chi connectivity index (χ2v) is 4.27. The van der Waals surface area contributed by atoms with E-state index in [0.29, 0.717) is 11.5 Å². The van der Waals surface area contributed by atoms with E-state index >= 15 is 0 Å². The van der Waals surface area contributed by atoms with E-state index in [2.05, 4.69) is 0 Å². The molecule has 0 saturated carbocycles. The Morgan fingerprint density at radius 1 is 1.28 bits per heavy atom. The maximum absolute atomic E-state index is 11.4. The maximum atomic E-state index is 11.4. The molecule has 96 valence electrons. The Labute approximate surface area is 106 Å². The smallest absolute Gasteiger partial charge is 0.335 e. The molecule has 1 aliphatic heterocycles. The van der Waals surface area contributed by atoms with Gasteiger partial charge in [-0.3, -0.25) is 0 Å². The molecule has 18 heavy (non-hydrogen) atoms. The van der Waals surface area contributed by atoms with Crippen molar-refractivity contribution in [1.29, 1.82) is 0 Å². The highest BCUT2D eigenvalue weighted by Crippen LogP contribution is 2.37. The van der Waals surface area contributed by atoms with E-state index in [1.165, 1.54) is 6.08 Å². The molecule has 4 nitrogen and oxygen atoms in total. The van der Waals surface area contributed by atoms with Crippen LogP contribution in [0.2, 0.25) is 0 Å². The van der Waals surface area contributed by atoms with Crippen LogP contribution < -0.4 is 4.74 Å². The first-order valence-electron chi connectivity index (χ1n) is 5.83. The Bertz CT molecular complexity index is 476. The van der Waals surface area contributed by atoms with Gasteiger partial charge in [0.05, 0.1) is 19.3 Å². The maximum Gasteiger partial charge on any atom is 0.335 e. The van der Waals surface area contributed by atoms with Gasteiger partial charge < -0.3 is 14.2 Å². The molecule has 0 bridgehead atoms. The minimum atomic E-state index is -0.518. The third-order valence-corrected chi connectivity index (χ3v) is 2.55. The van der Waals surface area contributed by atoms with Gasteiger partial charge in [-0.25, -0.2) is 4.79 Å². The van der Waals surface area contributed by atoms with Crippen molar-refractivity contribution in [2.24, 2.45) is 0 Å². The van der Waals surface area contributed by atoms with E-state index in [-0.39, 0.29) is 12.1 Å². The van der Waals surface area contributed by atoms with Crippen LogP contribution in [0.5, 0.6) is 5.75 Å². The lowest BCUT2D eigenvalue weighted by Gasteiger charge is -2.19. The predicted molar refractivity (Wildman–Crippen MR) is 66.1 cm³/mol. The van der Waals surface area contributed by atoms with Crippen molar-refractivity contribution >= 4 is 5.97 Å². The summed E-state index contributed by atoms with van der Waals surface area (Å²) >= 11 is 0. The summed E-state index contributed by atoms with van der Waals surface area (Å²) in [4.78, 5) is 11.4. The summed E-state index contributed by atoms with van der Waals surface area (Å²) in [6, 6.07) is 7.43. The molecule has 0 N–H and O–H groups in total. The highest BCUT2D eigenvalue weighted by Gasteiger charge is 2.32. The molecule has 0 radical (unpaired) electrons. The molecule has 4 heteroatoms. The zero-order valence-corrected chi connectivity index (χ0v) is 10.7. The predicted octanol–water partition coefficient (Wildman–Crippen LogP) is 2.60. The number of carbonyl (C=O) groups excluding carboxylic acids is 1. The van der Waals surface area contributed by atoms with Crippen LogP contribution in [0.3, 0.4) is 0 Å². The first-order chi connectivity index (χ1) is 8.61. The van der Waals surface area contributed by atoms with Crippen LogP contribution in [0.4, 0.5) is 0 Å². The number of hydrogen-bond acceptors (Lipinski definition) is 4. The number of ether oxygens (including phenoxy) is 3. The standard InChI is InChI=1S/C14H16O4/c1-9(2)17-12-8-13(15)18-14(12)10-6-4-5-7-11(10)16-3/h4-9,14H,1-3H3. The SMILES string of the molecule is COc1ccccc1C1OC(=O)C=C1OC(C)C. The zero-order valence-electron chi connectivity index (χ0n) is 10.7. The van der Waals surface area contributed by atoms with Crippen molar-refractivity contribution in [2.75, 3.05) is 7.11 Å². The molecule has 1 atom stereocenters. The summed E-state index contributed by atoms with van der Waals surface area (Å²) in [6.45, 7) is 3.81. The van der Waals surface area contributed by atoms with Crippen molar-refractivity contribution in [3.8, 4) is 5.75 Å². The van der Waals surface area contributed by atoms with Gasteiger partial charge in [-0.05, 0) is 19.9 Å². The summed E-state index contributed by atoms with van der Waals surface area (Å²) in [5.41, 5.74) is 0.790. The molecule has 0 amide bonds. The largest absolute Gasteiger partial charge is 0.496 e. The Hall–Kier alpha value is -1.97. The number of methoxy groups -OCH3 is 1. The van der Waals surface area contributed by atoms with Crippen LogP contribution >= 0.6 is 0 Å². The van der Waals surface area contributed by atoms with E-state index in [1.807, 2.05) is 38.1 Å². The van der Waals surface area contributed by atoms with E-state index in [1.54, 1.807) is 7.11 Å². The van der Waals surface area contributed by atoms with Gasteiger partial charge >= 0.3 is 5.97 Å². The van der Waals surface area contributed by atoms with Gasteiger partial charge in [0.1, 0.15) is 11.5 Å². The van der Waals surface area contributed by atoms with Gasteiger partial charge in [0.25, 0.3) is 0 Å². The molecule has 2 rings (SSSR count). The molecular formula is C14H16O4.